The van der Waals surface area contributed by atoms with E-state index in [9.17, 15) is 0 Å². The Bertz CT molecular complexity index is 176. The molecule has 0 unspecified atom stereocenters. The predicted octanol–water partition coefficient (Wildman–Crippen LogP) is -0.540. The molecule has 4 nitrogen and oxygen atoms in total. The maximum absolute atomic E-state index is 8.45. The molecule has 4 heteroatoms. The number of aromatic nitrogens is 2. The molecule has 1 heterocycles. The Hall–Kier alpha value is -1.00. The predicted molar refractivity (Wildman–Crippen MR) is 29.2 cm³/mol. The topological polar surface area (TPSA) is 66.2 Å². The molecule has 0 radical (unpaired) electrons. The molecule has 0 saturated heterocycles. The molecule has 1 aromatic heterocycles. The summed E-state index contributed by atoms with van der Waals surface area (Å²) in [5.74, 6) is 0.0255. The molecule has 0 aromatic carbocycles. The molecule has 1 rings (SSSR count). The minimum Gasteiger partial charge on any atom is -0.362 e. The molecule has 2 N–H and O–H groups in total. The molecule has 0 aliphatic carbocycles. The van der Waals surface area contributed by atoms with E-state index in [2.05, 4.69) is 9.97 Å². The minimum absolute atomic E-state index is 0.0255. The summed E-state index contributed by atoms with van der Waals surface area (Å²) in [5, 5.41) is 16.9. The standard InChI is InChI=1S/C5H6N2O2/c8-5(9)4-6-2-1-3-7-4/h1-3,5,8-9H. The first kappa shape index (κ1) is 6.12. The zero-order valence-electron chi connectivity index (χ0n) is 4.60. The molecular formula is C5H6N2O2. The second kappa shape index (κ2) is 2.52. The van der Waals surface area contributed by atoms with Crippen molar-refractivity contribution >= 4 is 0 Å². The summed E-state index contributed by atoms with van der Waals surface area (Å²) in [6.45, 7) is 0. The smallest absolute Gasteiger partial charge is 0.214 e. The average Bonchev–Trinajstić information content (AvgIpc) is 1.90. The average molecular weight is 126 g/mol. The van der Waals surface area contributed by atoms with Gasteiger partial charge in [0, 0.05) is 12.4 Å². The van der Waals surface area contributed by atoms with Crippen LogP contribution in [-0.2, 0) is 0 Å². The minimum atomic E-state index is -1.56. The lowest BCUT2D eigenvalue weighted by Gasteiger charge is -1.97. The Morgan fingerprint density at radius 1 is 1.22 bits per heavy atom. The Morgan fingerprint density at radius 2 is 1.78 bits per heavy atom. The van der Waals surface area contributed by atoms with Crippen LogP contribution in [0.1, 0.15) is 12.1 Å². The number of nitrogens with zero attached hydrogens (tertiary/aromatic N) is 2. The van der Waals surface area contributed by atoms with Crippen molar-refractivity contribution in [2.24, 2.45) is 0 Å². The monoisotopic (exact) mass is 126 g/mol. The van der Waals surface area contributed by atoms with Crippen molar-refractivity contribution in [3.05, 3.63) is 24.3 Å². The van der Waals surface area contributed by atoms with Crippen molar-refractivity contribution in [2.75, 3.05) is 0 Å². The summed E-state index contributed by atoms with van der Waals surface area (Å²) in [6.07, 6.45) is 1.33. The summed E-state index contributed by atoms with van der Waals surface area (Å²) in [4.78, 5) is 7.13. The van der Waals surface area contributed by atoms with Crippen LogP contribution in [0, 0.1) is 0 Å². The van der Waals surface area contributed by atoms with Crippen LogP contribution in [0.2, 0.25) is 0 Å². The van der Waals surface area contributed by atoms with E-state index in [0.29, 0.717) is 0 Å². The number of hydrogen-bond donors (Lipinski definition) is 2. The van der Waals surface area contributed by atoms with E-state index in [1.165, 1.54) is 12.4 Å². The van der Waals surface area contributed by atoms with Crippen LogP contribution < -0.4 is 0 Å². The molecule has 0 bridgehead atoms. The zero-order valence-corrected chi connectivity index (χ0v) is 4.60. The Labute approximate surface area is 51.8 Å². The van der Waals surface area contributed by atoms with Gasteiger partial charge in [0.1, 0.15) is 0 Å². The normalized spacial score (nSPS) is 10.1. The van der Waals surface area contributed by atoms with Crippen LogP contribution in [0.4, 0.5) is 0 Å². The number of rotatable bonds is 1. The van der Waals surface area contributed by atoms with Crippen molar-refractivity contribution in [2.45, 2.75) is 6.29 Å². The van der Waals surface area contributed by atoms with E-state index >= 15 is 0 Å². The first-order valence-corrected chi connectivity index (χ1v) is 2.44. The van der Waals surface area contributed by atoms with Crippen molar-refractivity contribution in [1.29, 1.82) is 0 Å². The third kappa shape index (κ3) is 1.45. The molecule has 0 atom stereocenters. The van der Waals surface area contributed by atoms with Crippen molar-refractivity contribution in [1.82, 2.24) is 9.97 Å². The molecule has 0 aliphatic rings. The van der Waals surface area contributed by atoms with Gasteiger partial charge in [-0.05, 0) is 6.07 Å². The van der Waals surface area contributed by atoms with Crippen LogP contribution in [0.3, 0.4) is 0 Å². The quantitative estimate of drug-likeness (QED) is 0.496. The molecule has 0 amide bonds. The van der Waals surface area contributed by atoms with Crippen molar-refractivity contribution in [3.63, 3.8) is 0 Å². The summed E-state index contributed by atoms with van der Waals surface area (Å²) in [7, 11) is 0. The lowest BCUT2D eigenvalue weighted by atomic mass is 10.5. The zero-order chi connectivity index (χ0) is 6.69. The largest absolute Gasteiger partial charge is 0.362 e. The van der Waals surface area contributed by atoms with Crippen molar-refractivity contribution < 1.29 is 10.2 Å². The van der Waals surface area contributed by atoms with Gasteiger partial charge in [0.05, 0.1) is 0 Å². The lowest BCUT2D eigenvalue weighted by molar-refractivity contribution is -0.0494. The van der Waals surface area contributed by atoms with Crippen LogP contribution in [0.25, 0.3) is 0 Å². The van der Waals surface area contributed by atoms with Gasteiger partial charge in [-0.25, -0.2) is 9.97 Å². The second-order valence-corrected chi connectivity index (χ2v) is 1.48. The Morgan fingerprint density at radius 3 is 2.11 bits per heavy atom. The van der Waals surface area contributed by atoms with E-state index in [1.54, 1.807) is 6.07 Å². The molecule has 0 spiro atoms. The molecular weight excluding hydrogens is 120 g/mol. The van der Waals surface area contributed by atoms with E-state index in [1.807, 2.05) is 0 Å². The maximum Gasteiger partial charge on any atom is 0.214 e. The second-order valence-electron chi connectivity index (χ2n) is 1.48. The molecule has 48 valence electrons. The molecule has 0 fully saturated rings. The van der Waals surface area contributed by atoms with Gasteiger partial charge in [-0.1, -0.05) is 0 Å². The Kier molecular flexibility index (Phi) is 1.72. The Balaban J connectivity index is 2.85. The summed E-state index contributed by atoms with van der Waals surface area (Å²) in [6, 6.07) is 1.60. The fraction of sp³-hybridized carbons (Fsp3) is 0.200. The highest BCUT2D eigenvalue weighted by molar-refractivity contribution is 4.88. The molecule has 0 saturated carbocycles. The van der Waals surface area contributed by atoms with E-state index in [0.717, 1.165) is 0 Å². The number of hydrogen-bond acceptors (Lipinski definition) is 4. The van der Waals surface area contributed by atoms with Crippen LogP contribution in [-0.4, -0.2) is 20.2 Å². The van der Waals surface area contributed by atoms with Gasteiger partial charge in [0.2, 0.25) is 6.29 Å². The molecule has 9 heavy (non-hydrogen) atoms. The molecule has 0 aliphatic heterocycles. The first-order chi connectivity index (χ1) is 4.30. The van der Waals surface area contributed by atoms with Crippen LogP contribution in [0.15, 0.2) is 18.5 Å². The van der Waals surface area contributed by atoms with Gasteiger partial charge in [0.25, 0.3) is 0 Å². The van der Waals surface area contributed by atoms with Crippen molar-refractivity contribution in [3.8, 4) is 0 Å². The number of aliphatic hydroxyl groups is 2. The van der Waals surface area contributed by atoms with Crippen LogP contribution >= 0.6 is 0 Å². The number of aliphatic hydroxyl groups excluding tert-OH is 1. The molecule has 1 aromatic rings. The lowest BCUT2D eigenvalue weighted by Crippen LogP contribution is -2.00. The van der Waals surface area contributed by atoms with Gasteiger partial charge in [-0.3, -0.25) is 0 Å². The summed E-state index contributed by atoms with van der Waals surface area (Å²) < 4.78 is 0. The van der Waals surface area contributed by atoms with Gasteiger partial charge in [-0.15, -0.1) is 0 Å². The van der Waals surface area contributed by atoms with E-state index in [-0.39, 0.29) is 5.82 Å². The maximum atomic E-state index is 8.45. The summed E-state index contributed by atoms with van der Waals surface area (Å²) in [5.41, 5.74) is 0. The van der Waals surface area contributed by atoms with E-state index in [4.69, 9.17) is 10.2 Å². The highest BCUT2D eigenvalue weighted by atomic mass is 16.5. The van der Waals surface area contributed by atoms with Gasteiger partial charge in [-0.2, -0.15) is 0 Å². The van der Waals surface area contributed by atoms with E-state index < -0.39 is 6.29 Å². The highest BCUT2D eigenvalue weighted by Crippen LogP contribution is 1.97. The van der Waals surface area contributed by atoms with Gasteiger partial charge >= 0.3 is 0 Å². The van der Waals surface area contributed by atoms with Crippen LogP contribution in [0.5, 0.6) is 0 Å². The third-order valence-corrected chi connectivity index (χ3v) is 0.817. The highest BCUT2D eigenvalue weighted by Gasteiger charge is 2.01. The SMILES string of the molecule is OC(O)c1ncccn1. The first-order valence-electron chi connectivity index (χ1n) is 2.44. The fourth-order valence-corrected chi connectivity index (χ4v) is 0.444. The van der Waals surface area contributed by atoms with Gasteiger partial charge < -0.3 is 10.2 Å². The van der Waals surface area contributed by atoms with Gasteiger partial charge in [0.15, 0.2) is 5.82 Å². The fourth-order valence-electron chi connectivity index (χ4n) is 0.444. The summed E-state index contributed by atoms with van der Waals surface area (Å²) >= 11 is 0. The third-order valence-electron chi connectivity index (χ3n) is 0.817.